The predicted molar refractivity (Wildman–Crippen MR) is 170 cm³/mol. The van der Waals surface area contributed by atoms with E-state index in [9.17, 15) is 10.2 Å². The number of fused-ring (bicyclic) bond motifs is 2. The summed E-state index contributed by atoms with van der Waals surface area (Å²) in [4.78, 5) is 9.26. The van der Waals surface area contributed by atoms with Crippen molar-refractivity contribution in [3.05, 3.63) is 132 Å². The molecule has 0 unspecified atom stereocenters. The molecule has 6 rings (SSSR count). The maximum absolute atomic E-state index is 10.5. The summed E-state index contributed by atoms with van der Waals surface area (Å²) >= 11 is 0. The fourth-order valence-corrected chi connectivity index (χ4v) is 4.78. The standard InChI is InChI=1S/C36H28N2O4/c39-33-19-17-25-9-1-3-11-27(25)29(33)23-37-31-13-5-7-15-35(31)41-21-22-42-36-16-8-6-14-32(36)38-24-30-28-12-4-2-10-26(28)18-20-34(30)40/h1-20,23-24,39-40H,21-22H2. The molecule has 0 atom stereocenters. The van der Waals surface area contributed by atoms with E-state index in [1.54, 1.807) is 24.6 Å². The number of phenols is 2. The van der Waals surface area contributed by atoms with Crippen molar-refractivity contribution in [1.82, 2.24) is 0 Å². The zero-order valence-corrected chi connectivity index (χ0v) is 22.7. The lowest BCUT2D eigenvalue weighted by Crippen LogP contribution is -2.09. The minimum Gasteiger partial charge on any atom is -0.507 e. The van der Waals surface area contributed by atoms with Gasteiger partial charge in [0.15, 0.2) is 0 Å². The van der Waals surface area contributed by atoms with Crippen molar-refractivity contribution in [2.45, 2.75) is 0 Å². The zero-order valence-electron chi connectivity index (χ0n) is 22.7. The Morgan fingerprint density at radius 2 is 0.881 bits per heavy atom. The number of nitrogens with zero attached hydrogens (tertiary/aromatic N) is 2. The van der Waals surface area contributed by atoms with Crippen molar-refractivity contribution in [2.24, 2.45) is 9.98 Å². The van der Waals surface area contributed by atoms with Crippen LogP contribution in [0.4, 0.5) is 11.4 Å². The summed E-state index contributed by atoms with van der Waals surface area (Å²) in [6, 6.07) is 37.8. The molecule has 42 heavy (non-hydrogen) atoms. The number of phenolic OH excluding ortho intramolecular Hbond substituents is 2. The van der Waals surface area contributed by atoms with E-state index >= 15 is 0 Å². The molecule has 0 saturated heterocycles. The van der Waals surface area contributed by atoms with E-state index in [-0.39, 0.29) is 24.7 Å². The van der Waals surface area contributed by atoms with Gasteiger partial charge in [0.1, 0.15) is 47.6 Å². The quantitative estimate of drug-likeness (QED) is 0.139. The Morgan fingerprint density at radius 1 is 0.476 bits per heavy atom. The van der Waals surface area contributed by atoms with Gasteiger partial charge < -0.3 is 19.7 Å². The molecule has 206 valence electrons. The topological polar surface area (TPSA) is 83.6 Å². The lowest BCUT2D eigenvalue weighted by molar-refractivity contribution is 0.218. The van der Waals surface area contributed by atoms with Crippen LogP contribution in [0.1, 0.15) is 11.1 Å². The second kappa shape index (κ2) is 12.3. The van der Waals surface area contributed by atoms with Crippen LogP contribution in [0.15, 0.2) is 131 Å². The lowest BCUT2D eigenvalue weighted by atomic mass is 10.0. The van der Waals surface area contributed by atoms with Crippen molar-refractivity contribution < 1.29 is 19.7 Å². The zero-order chi connectivity index (χ0) is 28.7. The highest BCUT2D eigenvalue weighted by molar-refractivity contribution is 6.04. The summed E-state index contributed by atoms with van der Waals surface area (Å²) in [6.45, 7) is 0.572. The lowest BCUT2D eigenvalue weighted by Gasteiger charge is -2.12. The van der Waals surface area contributed by atoms with Gasteiger partial charge in [0.25, 0.3) is 0 Å². The summed E-state index contributed by atoms with van der Waals surface area (Å²) < 4.78 is 12.1. The van der Waals surface area contributed by atoms with Crippen LogP contribution in [0.5, 0.6) is 23.0 Å². The normalized spacial score (nSPS) is 11.5. The van der Waals surface area contributed by atoms with Crippen molar-refractivity contribution in [3.8, 4) is 23.0 Å². The summed E-state index contributed by atoms with van der Waals surface area (Å²) in [5.74, 6) is 1.55. The molecular formula is C36H28N2O4. The average Bonchev–Trinajstić information content (AvgIpc) is 3.03. The van der Waals surface area contributed by atoms with Crippen LogP contribution in [0, 0.1) is 0 Å². The molecule has 6 aromatic rings. The first-order chi connectivity index (χ1) is 20.7. The maximum atomic E-state index is 10.5. The van der Waals surface area contributed by atoms with Crippen LogP contribution in [-0.2, 0) is 0 Å². The summed E-state index contributed by atoms with van der Waals surface area (Å²) in [7, 11) is 0. The van der Waals surface area contributed by atoms with E-state index in [4.69, 9.17) is 9.47 Å². The molecule has 0 radical (unpaired) electrons. The fraction of sp³-hybridized carbons (Fsp3) is 0.0556. The van der Waals surface area contributed by atoms with Crippen LogP contribution in [0.25, 0.3) is 21.5 Å². The van der Waals surface area contributed by atoms with Crippen molar-refractivity contribution in [2.75, 3.05) is 13.2 Å². The second-order valence-corrected chi connectivity index (χ2v) is 9.59. The molecule has 0 fully saturated rings. The summed E-state index contributed by atoms with van der Waals surface area (Å²) in [6.07, 6.45) is 3.33. The van der Waals surface area contributed by atoms with E-state index in [0.29, 0.717) is 34.0 Å². The van der Waals surface area contributed by atoms with Gasteiger partial charge in [0.2, 0.25) is 0 Å². The molecule has 0 amide bonds. The van der Waals surface area contributed by atoms with Gasteiger partial charge in [-0.25, -0.2) is 0 Å². The van der Waals surface area contributed by atoms with Crippen molar-refractivity contribution in [3.63, 3.8) is 0 Å². The minimum atomic E-state index is 0.168. The molecule has 0 aromatic heterocycles. The predicted octanol–water partition coefficient (Wildman–Crippen LogP) is 8.36. The Balaban J connectivity index is 1.14. The van der Waals surface area contributed by atoms with Gasteiger partial charge in [-0.3, -0.25) is 9.98 Å². The van der Waals surface area contributed by atoms with Gasteiger partial charge in [-0.15, -0.1) is 0 Å². The number of aliphatic imine (C=N–C) groups is 2. The molecule has 6 nitrogen and oxygen atoms in total. The van der Waals surface area contributed by atoms with E-state index in [1.165, 1.54) is 0 Å². The number of para-hydroxylation sites is 4. The Hall–Kier alpha value is -5.62. The van der Waals surface area contributed by atoms with E-state index in [0.717, 1.165) is 21.5 Å². The van der Waals surface area contributed by atoms with Crippen LogP contribution in [0.2, 0.25) is 0 Å². The van der Waals surface area contributed by atoms with Crippen molar-refractivity contribution >= 4 is 45.3 Å². The Kier molecular flexibility index (Phi) is 7.77. The van der Waals surface area contributed by atoms with E-state index in [1.807, 2.05) is 109 Å². The van der Waals surface area contributed by atoms with Gasteiger partial charge in [-0.2, -0.15) is 0 Å². The third kappa shape index (κ3) is 5.78. The number of aromatic hydroxyl groups is 2. The van der Waals surface area contributed by atoms with Gasteiger partial charge >= 0.3 is 0 Å². The number of benzene rings is 6. The average molecular weight is 553 g/mol. The molecule has 6 heteroatoms. The van der Waals surface area contributed by atoms with Gasteiger partial charge in [0, 0.05) is 23.6 Å². The number of hydrogen-bond donors (Lipinski definition) is 2. The van der Waals surface area contributed by atoms with Gasteiger partial charge in [-0.05, 0) is 57.9 Å². The highest BCUT2D eigenvalue weighted by atomic mass is 16.5. The first kappa shape index (κ1) is 26.6. The molecule has 0 heterocycles. The first-order valence-electron chi connectivity index (χ1n) is 13.6. The molecule has 0 bridgehead atoms. The number of hydrogen-bond acceptors (Lipinski definition) is 6. The largest absolute Gasteiger partial charge is 0.507 e. The van der Waals surface area contributed by atoms with Gasteiger partial charge in [-0.1, -0.05) is 84.9 Å². The van der Waals surface area contributed by atoms with Crippen LogP contribution >= 0.6 is 0 Å². The molecule has 0 aliphatic rings. The highest BCUT2D eigenvalue weighted by Gasteiger charge is 2.08. The second-order valence-electron chi connectivity index (χ2n) is 9.59. The summed E-state index contributed by atoms with van der Waals surface area (Å²) in [5, 5.41) is 24.8. The van der Waals surface area contributed by atoms with Crippen LogP contribution in [-0.4, -0.2) is 35.9 Å². The monoisotopic (exact) mass is 552 g/mol. The number of rotatable bonds is 9. The molecule has 0 aliphatic carbocycles. The molecule has 0 spiro atoms. The Bertz CT molecular complexity index is 1790. The molecular weight excluding hydrogens is 524 g/mol. The van der Waals surface area contributed by atoms with Crippen LogP contribution in [0.3, 0.4) is 0 Å². The minimum absolute atomic E-state index is 0.168. The number of ether oxygens (including phenoxy) is 2. The maximum Gasteiger partial charge on any atom is 0.145 e. The summed E-state index contributed by atoms with van der Waals surface area (Å²) in [5.41, 5.74) is 2.59. The first-order valence-corrected chi connectivity index (χ1v) is 13.6. The van der Waals surface area contributed by atoms with Gasteiger partial charge in [0.05, 0.1) is 0 Å². The molecule has 6 aromatic carbocycles. The van der Waals surface area contributed by atoms with Crippen LogP contribution < -0.4 is 9.47 Å². The fourth-order valence-electron chi connectivity index (χ4n) is 4.78. The highest BCUT2D eigenvalue weighted by Crippen LogP contribution is 2.32. The van der Waals surface area contributed by atoms with Crippen molar-refractivity contribution in [1.29, 1.82) is 0 Å². The Labute approximate surface area is 243 Å². The third-order valence-electron chi connectivity index (χ3n) is 6.89. The Morgan fingerprint density at radius 3 is 1.36 bits per heavy atom. The van der Waals surface area contributed by atoms with E-state index in [2.05, 4.69) is 9.98 Å². The smallest absolute Gasteiger partial charge is 0.145 e. The molecule has 0 aliphatic heterocycles. The third-order valence-corrected chi connectivity index (χ3v) is 6.89. The van der Waals surface area contributed by atoms with E-state index < -0.39 is 0 Å². The molecule has 2 N–H and O–H groups in total. The molecule has 0 saturated carbocycles. The SMILES string of the molecule is Oc1ccc2ccccc2c1C=Nc1ccccc1OCCOc1ccccc1N=Cc1c(O)ccc2ccccc12.